The van der Waals surface area contributed by atoms with Crippen LogP contribution in [-0.2, 0) is 19.9 Å². The van der Waals surface area contributed by atoms with E-state index < -0.39 is 0 Å². The van der Waals surface area contributed by atoms with Crippen molar-refractivity contribution < 1.29 is 4.57 Å². The van der Waals surface area contributed by atoms with Gasteiger partial charge in [0.05, 0.1) is 18.0 Å². The quantitative estimate of drug-likeness (QED) is 0.321. The third-order valence-corrected chi connectivity index (χ3v) is 5.85. The molecule has 3 heterocycles. The monoisotopic (exact) mass is 354 g/mol. The second kappa shape index (κ2) is 5.78. The smallest absolute Gasteiger partial charge is 0.252 e. The Morgan fingerprint density at radius 1 is 1.00 bits per heavy atom. The van der Waals surface area contributed by atoms with Crippen molar-refractivity contribution in [3.8, 4) is 0 Å². The first-order valence-corrected chi connectivity index (χ1v) is 9.78. The van der Waals surface area contributed by atoms with E-state index in [9.17, 15) is 0 Å². The fraction of sp³-hybridized carbons (Fsp3) is 0.250. The lowest BCUT2D eigenvalue weighted by molar-refractivity contribution is -0.617. The molecule has 5 aromatic rings. The summed E-state index contributed by atoms with van der Waals surface area (Å²) in [5, 5.41) is 2.48. The maximum Gasteiger partial charge on any atom is 0.297 e. The molecule has 0 spiro atoms. The van der Waals surface area contributed by atoms with Crippen molar-refractivity contribution in [3.05, 3.63) is 65.4 Å². The molecule has 0 amide bonds. The highest BCUT2D eigenvalue weighted by atomic mass is 15.1. The summed E-state index contributed by atoms with van der Waals surface area (Å²) in [5.74, 6) is 0. The molecule has 0 saturated carbocycles. The molecule has 5 rings (SSSR count). The Morgan fingerprint density at radius 2 is 1.81 bits per heavy atom. The number of imidazole rings is 1. The zero-order valence-corrected chi connectivity index (χ0v) is 16.4. The predicted octanol–water partition coefficient (Wildman–Crippen LogP) is 5.05. The van der Waals surface area contributed by atoms with Gasteiger partial charge < -0.3 is 0 Å². The summed E-state index contributed by atoms with van der Waals surface area (Å²) in [6, 6.07) is 17.6. The van der Waals surface area contributed by atoms with Crippen LogP contribution in [0.1, 0.15) is 30.7 Å². The maximum absolute atomic E-state index is 5.06. The number of aromatic nitrogens is 3. The van der Waals surface area contributed by atoms with Gasteiger partial charge in [-0.15, -0.1) is 0 Å². The van der Waals surface area contributed by atoms with E-state index in [2.05, 4.69) is 85.3 Å². The fourth-order valence-corrected chi connectivity index (χ4v) is 4.54. The topological polar surface area (TPSA) is 21.2 Å². The standard InChI is InChI=1S/C24H24N3/c1-5-16-10-9-13-20-23(16)27-19-12-8-7-11-18(19)22-21(24(27)26(20)4)15(3)14-17(6-2)25-22/h7-14H,5-6H2,1-4H3/q+1. The van der Waals surface area contributed by atoms with Gasteiger partial charge >= 0.3 is 0 Å². The van der Waals surface area contributed by atoms with Crippen LogP contribution in [0.2, 0.25) is 0 Å². The second-order valence-corrected chi connectivity index (χ2v) is 7.38. The molecule has 0 aliphatic rings. The van der Waals surface area contributed by atoms with Crippen LogP contribution >= 0.6 is 0 Å². The van der Waals surface area contributed by atoms with Crippen molar-refractivity contribution in [2.75, 3.05) is 0 Å². The van der Waals surface area contributed by atoms with Crippen LogP contribution in [0.5, 0.6) is 0 Å². The van der Waals surface area contributed by atoms with Crippen LogP contribution < -0.4 is 4.57 Å². The summed E-state index contributed by atoms with van der Waals surface area (Å²) in [7, 11) is 2.18. The normalized spacial score (nSPS) is 12.0. The number of aryl methyl sites for hydroxylation is 4. The number of hydrogen-bond acceptors (Lipinski definition) is 1. The lowest BCUT2D eigenvalue weighted by Gasteiger charge is -2.09. The molecule has 3 heteroatoms. The van der Waals surface area contributed by atoms with Crippen LogP contribution in [0.3, 0.4) is 0 Å². The minimum atomic E-state index is 0.950. The van der Waals surface area contributed by atoms with E-state index >= 15 is 0 Å². The summed E-state index contributed by atoms with van der Waals surface area (Å²) < 4.78 is 4.79. The van der Waals surface area contributed by atoms with Crippen LogP contribution in [0.15, 0.2) is 48.5 Å². The molecule has 27 heavy (non-hydrogen) atoms. The summed E-state index contributed by atoms with van der Waals surface area (Å²) in [4.78, 5) is 5.06. The van der Waals surface area contributed by atoms with Crippen LogP contribution in [-0.4, -0.2) is 9.38 Å². The van der Waals surface area contributed by atoms with Gasteiger partial charge in [0.15, 0.2) is 11.0 Å². The van der Waals surface area contributed by atoms with Gasteiger partial charge in [0.2, 0.25) is 0 Å². The zero-order chi connectivity index (χ0) is 18.7. The molecule has 3 aromatic heterocycles. The highest BCUT2D eigenvalue weighted by Gasteiger charge is 2.26. The van der Waals surface area contributed by atoms with Gasteiger partial charge in [0.25, 0.3) is 5.65 Å². The Morgan fingerprint density at radius 3 is 2.59 bits per heavy atom. The van der Waals surface area contributed by atoms with Crippen molar-refractivity contribution in [1.29, 1.82) is 0 Å². The summed E-state index contributed by atoms with van der Waals surface area (Å²) in [6.07, 6.45) is 1.97. The van der Waals surface area contributed by atoms with Gasteiger partial charge in [-0.1, -0.05) is 38.1 Å². The Labute approximate surface area is 158 Å². The Balaban J connectivity index is 2.21. The molecule has 0 unspecified atom stereocenters. The highest BCUT2D eigenvalue weighted by Crippen LogP contribution is 2.33. The van der Waals surface area contributed by atoms with E-state index in [0.717, 1.165) is 24.1 Å². The van der Waals surface area contributed by atoms with Gasteiger partial charge in [0, 0.05) is 16.6 Å². The molecule has 3 nitrogen and oxygen atoms in total. The van der Waals surface area contributed by atoms with Crippen LogP contribution in [0, 0.1) is 6.92 Å². The molecule has 0 aliphatic heterocycles. The number of rotatable bonds is 2. The Kier molecular flexibility index (Phi) is 3.48. The molecule has 0 radical (unpaired) electrons. The molecule has 0 bridgehead atoms. The molecule has 0 N–H and O–H groups in total. The fourth-order valence-electron chi connectivity index (χ4n) is 4.54. The average molecular weight is 354 g/mol. The first kappa shape index (κ1) is 16.2. The SMILES string of the molecule is CCc1cc(C)c2c(n1)c1ccccc1n1c3c(CC)cccc3[n+](C)c21. The number of nitrogens with zero attached hydrogens (tertiary/aromatic N) is 3. The van der Waals surface area contributed by atoms with E-state index in [1.54, 1.807) is 0 Å². The average Bonchev–Trinajstić information content (AvgIpc) is 3.01. The third kappa shape index (κ3) is 2.08. The largest absolute Gasteiger partial charge is 0.297 e. The van der Waals surface area contributed by atoms with E-state index in [-0.39, 0.29) is 0 Å². The third-order valence-electron chi connectivity index (χ3n) is 5.85. The van der Waals surface area contributed by atoms with Crippen molar-refractivity contribution in [3.63, 3.8) is 0 Å². The number of hydrogen-bond donors (Lipinski definition) is 0. The predicted molar refractivity (Wildman–Crippen MR) is 112 cm³/mol. The number of para-hydroxylation sites is 2. The zero-order valence-electron chi connectivity index (χ0n) is 16.4. The molecule has 0 aliphatic carbocycles. The number of pyridine rings is 2. The molecule has 2 aromatic carbocycles. The van der Waals surface area contributed by atoms with E-state index in [0.29, 0.717) is 0 Å². The van der Waals surface area contributed by atoms with Crippen molar-refractivity contribution in [2.45, 2.75) is 33.6 Å². The van der Waals surface area contributed by atoms with Crippen LogP contribution in [0.4, 0.5) is 0 Å². The molecule has 134 valence electrons. The minimum Gasteiger partial charge on any atom is -0.252 e. The van der Waals surface area contributed by atoms with Crippen molar-refractivity contribution in [1.82, 2.24) is 9.38 Å². The maximum atomic E-state index is 5.06. The first-order chi connectivity index (χ1) is 13.2. The lowest BCUT2D eigenvalue weighted by Crippen LogP contribution is -2.27. The van der Waals surface area contributed by atoms with Gasteiger partial charge in [-0.2, -0.15) is 4.40 Å². The van der Waals surface area contributed by atoms with Crippen LogP contribution in [0.25, 0.3) is 38.5 Å². The Hall–Kier alpha value is -2.94. The van der Waals surface area contributed by atoms with E-state index in [1.165, 1.54) is 44.1 Å². The molecule has 0 saturated heterocycles. The number of benzene rings is 2. The Bertz CT molecular complexity index is 1360. The van der Waals surface area contributed by atoms with Gasteiger partial charge in [-0.25, -0.2) is 4.57 Å². The molecular weight excluding hydrogens is 330 g/mol. The minimum absolute atomic E-state index is 0.950. The molecule has 0 fully saturated rings. The highest BCUT2D eigenvalue weighted by molar-refractivity contribution is 6.12. The summed E-state index contributed by atoms with van der Waals surface area (Å²) >= 11 is 0. The summed E-state index contributed by atoms with van der Waals surface area (Å²) in [5.41, 5.74) is 9.99. The molecular formula is C24H24N3+. The van der Waals surface area contributed by atoms with Gasteiger partial charge in [-0.05, 0) is 49.6 Å². The van der Waals surface area contributed by atoms with Crippen molar-refractivity contribution in [2.24, 2.45) is 7.05 Å². The lowest BCUT2D eigenvalue weighted by atomic mass is 10.0. The number of fused-ring (bicyclic) bond motifs is 8. The van der Waals surface area contributed by atoms with Gasteiger partial charge in [0.1, 0.15) is 5.52 Å². The van der Waals surface area contributed by atoms with E-state index in [1.807, 2.05) is 0 Å². The van der Waals surface area contributed by atoms with Gasteiger partial charge in [-0.3, -0.25) is 4.98 Å². The van der Waals surface area contributed by atoms with E-state index in [4.69, 9.17) is 4.98 Å². The first-order valence-electron chi connectivity index (χ1n) is 9.78. The second-order valence-electron chi connectivity index (χ2n) is 7.38. The van der Waals surface area contributed by atoms with Crippen molar-refractivity contribution >= 4 is 38.5 Å². The molecule has 0 atom stereocenters. The summed E-state index contributed by atoms with van der Waals surface area (Å²) in [6.45, 7) is 6.63.